The highest BCUT2D eigenvalue weighted by atomic mass is 19.4. The van der Waals surface area contributed by atoms with Gasteiger partial charge in [-0.3, -0.25) is 4.90 Å². The fourth-order valence-electron chi connectivity index (χ4n) is 3.22. The summed E-state index contributed by atoms with van der Waals surface area (Å²) in [5, 5.41) is 0. The minimum absolute atomic E-state index is 0.00429. The van der Waals surface area contributed by atoms with Gasteiger partial charge in [-0.2, -0.15) is 13.2 Å². The second-order valence-electron chi connectivity index (χ2n) is 6.62. The fourth-order valence-corrected chi connectivity index (χ4v) is 3.22. The van der Waals surface area contributed by atoms with Crippen molar-refractivity contribution < 1.29 is 22.0 Å². The number of alkyl halides is 3. The van der Waals surface area contributed by atoms with Gasteiger partial charge in [0.2, 0.25) is 5.95 Å². The lowest BCUT2D eigenvalue weighted by molar-refractivity contribution is -0.141. The topological polar surface area (TPSA) is 32.3 Å². The van der Waals surface area contributed by atoms with Gasteiger partial charge in [-0.15, -0.1) is 0 Å². The van der Waals surface area contributed by atoms with Crippen molar-refractivity contribution in [3.8, 4) is 0 Å². The molecule has 1 aliphatic rings. The van der Waals surface area contributed by atoms with E-state index in [0.29, 0.717) is 18.7 Å². The maximum Gasteiger partial charge on any atom is 0.433 e. The largest absolute Gasteiger partial charge is 0.433 e. The molecule has 1 saturated heterocycles. The third kappa shape index (κ3) is 4.71. The van der Waals surface area contributed by atoms with Gasteiger partial charge in [-0.25, -0.2) is 18.7 Å². The molecule has 1 aliphatic heterocycles. The molecule has 27 heavy (non-hydrogen) atoms. The lowest BCUT2D eigenvalue weighted by Crippen LogP contribution is -2.47. The van der Waals surface area contributed by atoms with Crippen molar-refractivity contribution in [2.45, 2.75) is 31.6 Å². The molecule has 1 fully saturated rings. The molecule has 1 aromatic heterocycles. The van der Waals surface area contributed by atoms with E-state index in [1.54, 1.807) is 11.9 Å². The number of nitrogens with zero attached hydrogens (tertiary/aromatic N) is 4. The van der Waals surface area contributed by atoms with Crippen LogP contribution in [0, 0.1) is 11.6 Å². The van der Waals surface area contributed by atoms with E-state index in [-0.39, 0.29) is 12.0 Å². The molecule has 9 heteroatoms. The zero-order valence-electron chi connectivity index (χ0n) is 14.7. The van der Waals surface area contributed by atoms with Crippen LogP contribution in [-0.2, 0) is 12.7 Å². The van der Waals surface area contributed by atoms with Gasteiger partial charge < -0.3 is 4.90 Å². The molecule has 0 spiro atoms. The monoisotopic (exact) mass is 386 g/mol. The maximum atomic E-state index is 13.9. The Hall–Kier alpha value is -2.29. The Labute approximate surface area is 153 Å². The predicted octanol–water partition coefficient (Wildman–Crippen LogP) is 3.87. The van der Waals surface area contributed by atoms with Crippen molar-refractivity contribution in [2.75, 3.05) is 25.0 Å². The highest BCUT2D eigenvalue weighted by Crippen LogP contribution is 2.29. The molecule has 0 bridgehead atoms. The Kier molecular flexibility index (Phi) is 5.59. The fraction of sp³-hybridized carbons (Fsp3) is 0.444. The summed E-state index contributed by atoms with van der Waals surface area (Å²) in [4.78, 5) is 11.2. The van der Waals surface area contributed by atoms with E-state index in [1.165, 1.54) is 12.1 Å². The molecule has 0 aliphatic carbocycles. The minimum atomic E-state index is -4.53. The van der Waals surface area contributed by atoms with Crippen LogP contribution in [0.25, 0.3) is 0 Å². The molecular weight excluding hydrogens is 367 g/mol. The summed E-state index contributed by atoms with van der Waals surface area (Å²) in [6.45, 7) is 1.55. The first kappa shape index (κ1) is 19.5. The molecule has 146 valence electrons. The molecule has 1 atom stereocenters. The standard InChI is InChI=1S/C18H19F5N4/c1-26(17-24-7-6-16(25-17)18(21,22)23)14-3-2-8-27(11-14)10-12-4-5-13(19)9-15(12)20/h4-7,9,14H,2-3,8,10-11H2,1H3. The van der Waals surface area contributed by atoms with Gasteiger partial charge in [-0.05, 0) is 31.5 Å². The molecule has 3 rings (SSSR count). The lowest BCUT2D eigenvalue weighted by Gasteiger charge is -2.37. The zero-order valence-corrected chi connectivity index (χ0v) is 14.7. The average Bonchev–Trinajstić information content (AvgIpc) is 2.63. The summed E-state index contributed by atoms with van der Waals surface area (Å²) < 4.78 is 65.5. The normalized spacial score (nSPS) is 18.5. The van der Waals surface area contributed by atoms with Gasteiger partial charge in [-0.1, -0.05) is 6.07 Å². The van der Waals surface area contributed by atoms with E-state index in [4.69, 9.17) is 0 Å². The van der Waals surface area contributed by atoms with Crippen LogP contribution < -0.4 is 4.90 Å². The van der Waals surface area contributed by atoms with Crippen molar-refractivity contribution in [2.24, 2.45) is 0 Å². The summed E-state index contributed by atoms with van der Waals surface area (Å²) in [5.74, 6) is -1.23. The summed E-state index contributed by atoms with van der Waals surface area (Å²) in [6.07, 6.45) is -1.87. The van der Waals surface area contributed by atoms with E-state index >= 15 is 0 Å². The second-order valence-corrected chi connectivity index (χ2v) is 6.62. The summed E-state index contributed by atoms with van der Waals surface area (Å²) in [6, 6.07) is 4.20. The van der Waals surface area contributed by atoms with Gasteiger partial charge in [0.05, 0.1) is 0 Å². The average molecular weight is 386 g/mol. The highest BCUT2D eigenvalue weighted by molar-refractivity contribution is 5.32. The third-order valence-corrected chi connectivity index (χ3v) is 4.69. The number of rotatable bonds is 4. The first-order chi connectivity index (χ1) is 12.7. The van der Waals surface area contributed by atoms with Gasteiger partial charge in [0, 0.05) is 44.0 Å². The van der Waals surface area contributed by atoms with E-state index in [2.05, 4.69) is 9.97 Å². The zero-order chi connectivity index (χ0) is 19.6. The Morgan fingerprint density at radius 3 is 2.70 bits per heavy atom. The van der Waals surface area contributed by atoms with Gasteiger partial charge >= 0.3 is 6.18 Å². The molecular formula is C18H19F5N4. The molecule has 1 aromatic carbocycles. The molecule has 0 radical (unpaired) electrons. The number of hydrogen-bond acceptors (Lipinski definition) is 4. The molecule has 4 nitrogen and oxygen atoms in total. The van der Waals surface area contributed by atoms with Crippen LogP contribution in [0.3, 0.4) is 0 Å². The summed E-state index contributed by atoms with van der Waals surface area (Å²) >= 11 is 0. The Bertz CT molecular complexity index is 796. The lowest BCUT2D eigenvalue weighted by atomic mass is 10.0. The second kappa shape index (κ2) is 7.75. The van der Waals surface area contributed by atoms with E-state index in [1.807, 2.05) is 4.90 Å². The highest BCUT2D eigenvalue weighted by Gasteiger charge is 2.34. The smallest absolute Gasteiger partial charge is 0.340 e. The van der Waals surface area contributed by atoms with Crippen molar-refractivity contribution in [3.63, 3.8) is 0 Å². The van der Waals surface area contributed by atoms with E-state index in [0.717, 1.165) is 37.7 Å². The van der Waals surface area contributed by atoms with Crippen molar-refractivity contribution in [1.82, 2.24) is 14.9 Å². The van der Waals surface area contributed by atoms with Crippen molar-refractivity contribution in [1.29, 1.82) is 0 Å². The van der Waals surface area contributed by atoms with E-state index in [9.17, 15) is 22.0 Å². The summed E-state index contributed by atoms with van der Waals surface area (Å²) in [5.41, 5.74) is -0.601. The number of piperidine rings is 1. The Morgan fingerprint density at radius 1 is 1.22 bits per heavy atom. The van der Waals surface area contributed by atoms with Crippen LogP contribution in [0.15, 0.2) is 30.5 Å². The van der Waals surface area contributed by atoms with Gasteiger partial charge in [0.25, 0.3) is 0 Å². The molecule has 2 aromatic rings. The van der Waals surface area contributed by atoms with Crippen LogP contribution in [-0.4, -0.2) is 41.0 Å². The Morgan fingerprint density at radius 2 is 2.00 bits per heavy atom. The number of likely N-dealkylation sites (N-methyl/N-ethyl adjacent to an activating group) is 1. The number of aromatic nitrogens is 2. The van der Waals surface area contributed by atoms with Crippen molar-refractivity contribution >= 4 is 5.95 Å². The number of anilines is 1. The SMILES string of the molecule is CN(c1nccc(C(F)(F)F)n1)C1CCCN(Cc2ccc(F)cc2F)C1. The first-order valence-electron chi connectivity index (χ1n) is 8.53. The molecule has 0 saturated carbocycles. The number of halogens is 5. The quantitative estimate of drug-likeness (QED) is 0.747. The number of likely N-dealkylation sites (tertiary alicyclic amines) is 1. The molecule has 1 unspecified atom stereocenters. The Balaban J connectivity index is 1.70. The van der Waals surface area contributed by atoms with Crippen LogP contribution >= 0.6 is 0 Å². The maximum absolute atomic E-state index is 13.9. The molecule has 0 N–H and O–H groups in total. The minimum Gasteiger partial charge on any atom is -0.340 e. The predicted molar refractivity (Wildman–Crippen MR) is 90.1 cm³/mol. The van der Waals surface area contributed by atoms with Gasteiger partial charge in [0.15, 0.2) is 0 Å². The summed E-state index contributed by atoms with van der Waals surface area (Å²) in [7, 11) is 1.65. The van der Waals surface area contributed by atoms with Crippen LogP contribution in [0.1, 0.15) is 24.1 Å². The van der Waals surface area contributed by atoms with Crippen molar-refractivity contribution in [3.05, 3.63) is 53.4 Å². The molecule has 0 amide bonds. The van der Waals surface area contributed by atoms with Crippen LogP contribution in [0.4, 0.5) is 27.9 Å². The first-order valence-corrected chi connectivity index (χ1v) is 8.53. The van der Waals surface area contributed by atoms with Crippen LogP contribution in [0.2, 0.25) is 0 Å². The molecule has 2 heterocycles. The van der Waals surface area contributed by atoms with Crippen LogP contribution in [0.5, 0.6) is 0 Å². The number of hydrogen-bond donors (Lipinski definition) is 0. The van der Waals surface area contributed by atoms with E-state index < -0.39 is 23.5 Å². The van der Waals surface area contributed by atoms with Gasteiger partial charge in [0.1, 0.15) is 17.3 Å². The number of benzene rings is 1. The third-order valence-electron chi connectivity index (χ3n) is 4.69.